The molecule has 0 aromatic carbocycles. The Morgan fingerprint density at radius 1 is 0.941 bits per heavy atom. The third kappa shape index (κ3) is 2.60. The quantitative estimate of drug-likeness (QED) is 0.557. The summed E-state index contributed by atoms with van der Waals surface area (Å²) in [6, 6.07) is 1.88. The molecular formula is C12H19BrN4. The maximum absolute atomic E-state index is 4.33. The minimum absolute atomic E-state index is 0. The largest absolute Gasteiger partial charge is 1.00 e. The summed E-state index contributed by atoms with van der Waals surface area (Å²) in [6.45, 7) is 7.57. The number of hydrogen-bond donors (Lipinski definition) is 0. The van der Waals surface area contributed by atoms with Gasteiger partial charge in [-0.05, 0) is 6.07 Å². The minimum atomic E-state index is 0. The normalized spacial score (nSPS) is 22.5. The van der Waals surface area contributed by atoms with Crippen molar-refractivity contribution in [3.63, 3.8) is 0 Å². The molecule has 5 heteroatoms. The van der Waals surface area contributed by atoms with Crippen LogP contribution in [0.15, 0.2) is 18.5 Å². The Morgan fingerprint density at radius 2 is 1.53 bits per heavy atom. The molecule has 4 nitrogen and oxygen atoms in total. The first kappa shape index (κ1) is 12.8. The number of rotatable bonds is 1. The standard InChI is InChI=1S/C12H19N4.BrH/c1-2-9-16(8-1)10-6-15(7-11-16)12-13-4-3-5-14-12;/h3-5H,1-2,6-11H2;1H/q+1;/p-1. The Bertz CT molecular complexity index is 341. The van der Waals surface area contributed by atoms with Crippen LogP contribution in [0.4, 0.5) is 5.95 Å². The molecule has 0 N–H and O–H groups in total. The molecule has 2 aliphatic heterocycles. The molecule has 0 amide bonds. The fourth-order valence-corrected chi connectivity index (χ4v) is 3.00. The number of anilines is 1. The van der Waals surface area contributed by atoms with Crippen LogP contribution < -0.4 is 21.9 Å². The molecule has 1 aromatic rings. The predicted octanol–water partition coefficient (Wildman–Crippen LogP) is -2.09. The van der Waals surface area contributed by atoms with Crippen molar-refractivity contribution >= 4 is 5.95 Å². The molecule has 3 rings (SSSR count). The van der Waals surface area contributed by atoms with E-state index in [1.807, 2.05) is 18.5 Å². The molecule has 0 unspecified atom stereocenters. The van der Waals surface area contributed by atoms with Crippen molar-refractivity contribution in [2.75, 3.05) is 44.2 Å². The first-order chi connectivity index (χ1) is 7.88. The van der Waals surface area contributed by atoms with Gasteiger partial charge < -0.3 is 26.4 Å². The van der Waals surface area contributed by atoms with E-state index in [4.69, 9.17) is 0 Å². The summed E-state index contributed by atoms with van der Waals surface area (Å²) in [5.41, 5.74) is 0. The molecular weight excluding hydrogens is 280 g/mol. The average Bonchev–Trinajstić information content (AvgIpc) is 2.80. The number of piperazine rings is 1. The van der Waals surface area contributed by atoms with Crippen molar-refractivity contribution in [1.29, 1.82) is 0 Å². The topological polar surface area (TPSA) is 29.0 Å². The van der Waals surface area contributed by atoms with E-state index in [1.54, 1.807) is 0 Å². The molecule has 1 aromatic heterocycles. The predicted molar refractivity (Wildman–Crippen MR) is 63.2 cm³/mol. The average molecular weight is 299 g/mol. The van der Waals surface area contributed by atoms with Crippen LogP contribution in [-0.2, 0) is 0 Å². The Hall–Kier alpha value is -0.680. The Balaban J connectivity index is 0.00000108. The summed E-state index contributed by atoms with van der Waals surface area (Å²) in [5.74, 6) is 0.902. The highest BCUT2D eigenvalue weighted by molar-refractivity contribution is 5.28. The Kier molecular flexibility index (Phi) is 3.99. The summed E-state index contributed by atoms with van der Waals surface area (Å²) in [7, 11) is 0. The van der Waals surface area contributed by atoms with Crippen molar-refractivity contribution in [2.24, 2.45) is 0 Å². The lowest BCUT2D eigenvalue weighted by atomic mass is 10.2. The maximum Gasteiger partial charge on any atom is 0.225 e. The maximum atomic E-state index is 4.33. The second kappa shape index (κ2) is 5.31. The summed E-state index contributed by atoms with van der Waals surface area (Å²) >= 11 is 0. The van der Waals surface area contributed by atoms with Gasteiger partial charge in [0.25, 0.3) is 0 Å². The fourth-order valence-electron chi connectivity index (χ4n) is 3.00. The van der Waals surface area contributed by atoms with Gasteiger partial charge in [-0.2, -0.15) is 0 Å². The fraction of sp³-hybridized carbons (Fsp3) is 0.667. The second-order valence-electron chi connectivity index (χ2n) is 4.98. The van der Waals surface area contributed by atoms with E-state index in [1.165, 1.54) is 43.5 Å². The molecule has 0 radical (unpaired) electrons. The molecule has 94 valence electrons. The number of quaternary nitrogens is 1. The van der Waals surface area contributed by atoms with Crippen LogP contribution >= 0.6 is 0 Å². The molecule has 1 spiro atoms. The van der Waals surface area contributed by atoms with E-state index in [2.05, 4.69) is 14.9 Å². The van der Waals surface area contributed by atoms with Crippen molar-refractivity contribution in [2.45, 2.75) is 12.8 Å². The Labute approximate surface area is 113 Å². The number of nitrogens with zero attached hydrogens (tertiary/aromatic N) is 4. The highest BCUT2D eigenvalue weighted by atomic mass is 79.9. The van der Waals surface area contributed by atoms with Gasteiger partial charge >= 0.3 is 0 Å². The van der Waals surface area contributed by atoms with E-state index in [0.717, 1.165) is 19.0 Å². The molecule has 0 bridgehead atoms. The monoisotopic (exact) mass is 298 g/mol. The molecule has 3 heterocycles. The van der Waals surface area contributed by atoms with Crippen LogP contribution in [-0.4, -0.2) is 53.7 Å². The van der Waals surface area contributed by atoms with E-state index in [9.17, 15) is 0 Å². The first-order valence-corrected chi connectivity index (χ1v) is 6.25. The molecule has 2 saturated heterocycles. The van der Waals surface area contributed by atoms with E-state index in [-0.39, 0.29) is 17.0 Å². The van der Waals surface area contributed by atoms with Gasteiger partial charge in [0.1, 0.15) is 0 Å². The smallest absolute Gasteiger partial charge is 0.225 e. The van der Waals surface area contributed by atoms with E-state index in [0.29, 0.717) is 0 Å². The summed E-state index contributed by atoms with van der Waals surface area (Å²) in [5, 5.41) is 0. The molecule has 2 fully saturated rings. The van der Waals surface area contributed by atoms with Gasteiger partial charge in [-0.25, -0.2) is 9.97 Å². The minimum Gasteiger partial charge on any atom is -1.00 e. The van der Waals surface area contributed by atoms with Crippen molar-refractivity contribution in [3.05, 3.63) is 18.5 Å². The highest BCUT2D eigenvalue weighted by Gasteiger charge is 2.36. The van der Waals surface area contributed by atoms with E-state index >= 15 is 0 Å². The summed E-state index contributed by atoms with van der Waals surface area (Å²) in [4.78, 5) is 11.0. The summed E-state index contributed by atoms with van der Waals surface area (Å²) < 4.78 is 1.35. The van der Waals surface area contributed by atoms with Crippen LogP contribution in [0.5, 0.6) is 0 Å². The zero-order valence-corrected chi connectivity index (χ0v) is 11.6. The van der Waals surface area contributed by atoms with Gasteiger partial charge in [0.15, 0.2) is 0 Å². The number of aromatic nitrogens is 2. The van der Waals surface area contributed by atoms with Crippen molar-refractivity contribution in [1.82, 2.24) is 9.97 Å². The van der Waals surface area contributed by atoms with Gasteiger partial charge in [0.05, 0.1) is 39.3 Å². The third-order valence-electron chi connectivity index (χ3n) is 4.04. The first-order valence-electron chi connectivity index (χ1n) is 6.25. The highest BCUT2D eigenvalue weighted by Crippen LogP contribution is 2.23. The molecule has 0 saturated carbocycles. The van der Waals surface area contributed by atoms with Crippen molar-refractivity contribution in [3.8, 4) is 0 Å². The van der Waals surface area contributed by atoms with E-state index < -0.39 is 0 Å². The van der Waals surface area contributed by atoms with Crippen LogP contribution in [0.3, 0.4) is 0 Å². The third-order valence-corrected chi connectivity index (χ3v) is 4.04. The molecule has 2 aliphatic rings. The second-order valence-corrected chi connectivity index (χ2v) is 4.98. The lowest BCUT2D eigenvalue weighted by molar-refractivity contribution is -0.917. The van der Waals surface area contributed by atoms with Gasteiger partial charge in [0, 0.05) is 25.2 Å². The van der Waals surface area contributed by atoms with Crippen LogP contribution in [0.1, 0.15) is 12.8 Å². The molecule has 0 atom stereocenters. The Morgan fingerprint density at radius 3 is 2.12 bits per heavy atom. The number of halogens is 1. The van der Waals surface area contributed by atoms with Crippen LogP contribution in [0.25, 0.3) is 0 Å². The van der Waals surface area contributed by atoms with Gasteiger partial charge in [0.2, 0.25) is 5.95 Å². The lowest BCUT2D eigenvalue weighted by Gasteiger charge is -2.41. The van der Waals surface area contributed by atoms with Crippen LogP contribution in [0, 0.1) is 0 Å². The SMILES string of the molecule is [Br-].c1cnc(N2CC[N+]3(CCCC3)CC2)nc1. The zero-order chi connectivity index (χ0) is 10.8. The number of hydrogen-bond acceptors (Lipinski definition) is 3. The zero-order valence-electron chi connectivity index (χ0n) is 10.1. The molecule has 0 aliphatic carbocycles. The van der Waals surface area contributed by atoms with Crippen molar-refractivity contribution < 1.29 is 21.5 Å². The molecule has 17 heavy (non-hydrogen) atoms. The van der Waals surface area contributed by atoms with Gasteiger partial charge in [-0.1, -0.05) is 0 Å². The van der Waals surface area contributed by atoms with Crippen LogP contribution in [0.2, 0.25) is 0 Å². The van der Waals surface area contributed by atoms with Gasteiger partial charge in [-0.3, -0.25) is 0 Å². The lowest BCUT2D eigenvalue weighted by Crippen LogP contribution is -3.00. The van der Waals surface area contributed by atoms with Gasteiger partial charge in [-0.15, -0.1) is 0 Å². The summed E-state index contributed by atoms with van der Waals surface area (Å²) in [6.07, 6.45) is 6.50.